The molecule has 5 nitrogen and oxygen atoms in total. The highest BCUT2D eigenvalue weighted by Gasteiger charge is 2.38. The maximum Gasteiger partial charge on any atom is 0.503 e. The van der Waals surface area contributed by atoms with Crippen molar-refractivity contribution in [2.45, 2.75) is 25.1 Å². The normalized spacial score (nSPS) is 15.5. The van der Waals surface area contributed by atoms with Crippen molar-refractivity contribution in [2.75, 3.05) is 5.01 Å². The summed E-state index contributed by atoms with van der Waals surface area (Å²) in [7, 11) is 0. The highest BCUT2D eigenvalue weighted by Crippen LogP contribution is 2.38. The van der Waals surface area contributed by atoms with Crippen molar-refractivity contribution in [3.63, 3.8) is 0 Å². The SMILES string of the molecule is O=CNN(c1cnc(C2CC2)nc1)C(F)(F)F. The summed E-state index contributed by atoms with van der Waals surface area (Å²) in [6.45, 7) is 0. The zero-order valence-corrected chi connectivity index (χ0v) is 8.61. The number of nitrogens with zero attached hydrogens (tertiary/aromatic N) is 3. The Morgan fingerprint density at radius 2 is 1.94 bits per heavy atom. The predicted octanol–water partition coefficient (Wildman–Crippen LogP) is 1.34. The lowest BCUT2D eigenvalue weighted by atomic mass is 10.4. The smallest absolute Gasteiger partial charge is 0.277 e. The van der Waals surface area contributed by atoms with Crippen LogP contribution in [0.4, 0.5) is 18.9 Å². The van der Waals surface area contributed by atoms with E-state index in [0.717, 1.165) is 25.2 Å². The van der Waals surface area contributed by atoms with Crippen LogP contribution >= 0.6 is 0 Å². The Morgan fingerprint density at radius 1 is 1.35 bits per heavy atom. The Morgan fingerprint density at radius 3 is 2.35 bits per heavy atom. The summed E-state index contributed by atoms with van der Waals surface area (Å²) in [5.41, 5.74) is 1.23. The number of hydrazine groups is 1. The standard InChI is InChI=1S/C9H9F3N4O/c10-9(11,12)16(15-5-17)7-3-13-8(14-4-7)6-1-2-6/h3-6H,1-2H2,(H,15,17). The maximum absolute atomic E-state index is 12.5. The van der Waals surface area contributed by atoms with E-state index in [-0.39, 0.29) is 23.0 Å². The van der Waals surface area contributed by atoms with Gasteiger partial charge in [-0.2, -0.15) is 5.01 Å². The number of rotatable bonds is 4. The molecular formula is C9H9F3N4O. The molecule has 0 saturated heterocycles. The van der Waals surface area contributed by atoms with Gasteiger partial charge in [0.25, 0.3) is 0 Å². The maximum atomic E-state index is 12.5. The molecule has 1 aliphatic rings. The molecule has 1 aromatic rings. The molecule has 17 heavy (non-hydrogen) atoms. The third-order valence-electron chi connectivity index (χ3n) is 2.29. The van der Waals surface area contributed by atoms with Crippen molar-refractivity contribution in [1.29, 1.82) is 0 Å². The van der Waals surface area contributed by atoms with Crippen molar-refractivity contribution < 1.29 is 18.0 Å². The third kappa shape index (κ3) is 2.63. The van der Waals surface area contributed by atoms with Gasteiger partial charge in [-0.3, -0.25) is 10.2 Å². The molecule has 0 radical (unpaired) electrons. The number of hydrogen-bond donors (Lipinski definition) is 1. The molecule has 1 N–H and O–H groups in total. The highest BCUT2D eigenvalue weighted by molar-refractivity contribution is 5.54. The highest BCUT2D eigenvalue weighted by atomic mass is 19.4. The van der Waals surface area contributed by atoms with Gasteiger partial charge in [0.1, 0.15) is 11.5 Å². The molecule has 8 heteroatoms. The Hall–Kier alpha value is -1.86. The Labute approximate surface area is 94.6 Å². The Kier molecular flexibility index (Phi) is 2.86. The molecule has 2 rings (SSSR count). The monoisotopic (exact) mass is 246 g/mol. The van der Waals surface area contributed by atoms with Crippen LogP contribution in [0.25, 0.3) is 0 Å². The minimum Gasteiger partial charge on any atom is -0.277 e. The first-order chi connectivity index (χ1) is 8.02. The molecule has 0 unspecified atom stereocenters. The van der Waals surface area contributed by atoms with Crippen LogP contribution in [0, 0.1) is 0 Å². The first-order valence-corrected chi connectivity index (χ1v) is 4.91. The molecule has 0 atom stereocenters. The fourth-order valence-corrected chi connectivity index (χ4v) is 1.35. The minimum atomic E-state index is -4.72. The molecular weight excluding hydrogens is 237 g/mol. The average Bonchev–Trinajstić information content (AvgIpc) is 3.08. The molecule has 1 heterocycles. The molecule has 1 fully saturated rings. The van der Waals surface area contributed by atoms with Crippen LogP contribution in [0.5, 0.6) is 0 Å². The summed E-state index contributed by atoms with van der Waals surface area (Å²) in [4.78, 5) is 17.8. The topological polar surface area (TPSA) is 58.1 Å². The minimum absolute atomic E-state index is 0.0533. The van der Waals surface area contributed by atoms with E-state index in [1.165, 1.54) is 0 Å². The van der Waals surface area contributed by atoms with Crippen molar-refractivity contribution in [3.05, 3.63) is 18.2 Å². The first kappa shape index (κ1) is 11.6. The number of carbonyl (C=O) groups excluding carboxylic acids is 1. The lowest BCUT2D eigenvalue weighted by Gasteiger charge is -2.24. The van der Waals surface area contributed by atoms with Gasteiger partial charge in [0.05, 0.1) is 12.4 Å². The molecule has 0 bridgehead atoms. The molecule has 1 aliphatic carbocycles. The third-order valence-corrected chi connectivity index (χ3v) is 2.29. The van der Waals surface area contributed by atoms with Crippen molar-refractivity contribution in [3.8, 4) is 0 Å². The number of anilines is 1. The van der Waals surface area contributed by atoms with Crippen molar-refractivity contribution >= 4 is 12.1 Å². The molecule has 1 saturated carbocycles. The zero-order chi connectivity index (χ0) is 12.5. The van der Waals surface area contributed by atoms with Gasteiger partial charge in [0.2, 0.25) is 6.41 Å². The number of aromatic nitrogens is 2. The van der Waals surface area contributed by atoms with Crippen LogP contribution in [0.2, 0.25) is 0 Å². The summed E-state index contributed by atoms with van der Waals surface area (Å²) in [6.07, 6.45) is -0.743. The number of amides is 1. The van der Waals surface area contributed by atoms with Crippen molar-refractivity contribution in [1.82, 2.24) is 15.4 Å². The predicted molar refractivity (Wildman–Crippen MR) is 51.7 cm³/mol. The second-order valence-corrected chi connectivity index (χ2v) is 3.62. The van der Waals surface area contributed by atoms with E-state index >= 15 is 0 Å². The van der Waals surface area contributed by atoms with Gasteiger partial charge in [-0.15, -0.1) is 13.2 Å². The summed E-state index contributed by atoms with van der Waals surface area (Å²) in [5.74, 6) is 0.810. The van der Waals surface area contributed by atoms with Gasteiger partial charge in [0.15, 0.2) is 0 Å². The number of halogens is 3. The van der Waals surface area contributed by atoms with Crippen LogP contribution in [-0.2, 0) is 4.79 Å². The number of hydrogen-bond acceptors (Lipinski definition) is 4. The van der Waals surface area contributed by atoms with Crippen LogP contribution in [0.3, 0.4) is 0 Å². The molecule has 0 aliphatic heterocycles. The quantitative estimate of drug-likeness (QED) is 0.495. The van der Waals surface area contributed by atoms with E-state index in [9.17, 15) is 18.0 Å². The fourth-order valence-electron chi connectivity index (χ4n) is 1.35. The van der Waals surface area contributed by atoms with Crippen molar-refractivity contribution in [2.24, 2.45) is 0 Å². The van der Waals surface area contributed by atoms with Gasteiger partial charge in [-0.05, 0) is 12.8 Å². The first-order valence-electron chi connectivity index (χ1n) is 4.91. The molecule has 0 spiro atoms. The number of nitrogens with one attached hydrogen (secondary N) is 1. The summed E-state index contributed by atoms with van der Waals surface area (Å²) < 4.78 is 37.5. The number of alkyl halides is 3. The van der Waals surface area contributed by atoms with E-state index in [0.29, 0.717) is 5.82 Å². The van der Waals surface area contributed by atoms with Crippen LogP contribution < -0.4 is 10.4 Å². The van der Waals surface area contributed by atoms with Gasteiger partial charge >= 0.3 is 6.30 Å². The van der Waals surface area contributed by atoms with Crippen LogP contribution in [0.15, 0.2) is 12.4 Å². The summed E-state index contributed by atoms with van der Waals surface area (Å²) >= 11 is 0. The second-order valence-electron chi connectivity index (χ2n) is 3.62. The van der Waals surface area contributed by atoms with E-state index < -0.39 is 6.30 Å². The van der Waals surface area contributed by atoms with Gasteiger partial charge in [-0.25, -0.2) is 9.97 Å². The van der Waals surface area contributed by atoms with Gasteiger partial charge in [0, 0.05) is 5.92 Å². The van der Waals surface area contributed by atoms with Crippen LogP contribution in [0.1, 0.15) is 24.6 Å². The van der Waals surface area contributed by atoms with E-state index in [4.69, 9.17) is 0 Å². The average molecular weight is 246 g/mol. The van der Waals surface area contributed by atoms with E-state index in [1.807, 2.05) is 0 Å². The summed E-state index contributed by atoms with van der Waals surface area (Å²) in [5, 5.41) is -0.239. The summed E-state index contributed by atoms with van der Waals surface area (Å²) in [6, 6.07) is 0. The lowest BCUT2D eigenvalue weighted by molar-refractivity contribution is -0.142. The van der Waals surface area contributed by atoms with Crippen LogP contribution in [-0.4, -0.2) is 22.7 Å². The molecule has 1 amide bonds. The Balaban J connectivity index is 2.20. The molecule has 92 valence electrons. The van der Waals surface area contributed by atoms with E-state index in [2.05, 4.69) is 9.97 Å². The second kappa shape index (κ2) is 4.19. The van der Waals surface area contributed by atoms with Gasteiger partial charge < -0.3 is 0 Å². The number of carbonyl (C=O) groups is 1. The molecule has 0 aromatic carbocycles. The zero-order valence-electron chi connectivity index (χ0n) is 8.61. The Bertz CT molecular complexity index is 402. The van der Waals surface area contributed by atoms with E-state index in [1.54, 1.807) is 5.43 Å². The largest absolute Gasteiger partial charge is 0.503 e. The lowest BCUT2D eigenvalue weighted by Crippen LogP contribution is -2.48. The van der Waals surface area contributed by atoms with Gasteiger partial charge in [-0.1, -0.05) is 0 Å². The fraction of sp³-hybridized carbons (Fsp3) is 0.444. The molecule has 1 aromatic heterocycles.